The van der Waals surface area contributed by atoms with E-state index in [2.05, 4.69) is 10.0 Å². The number of hydrogen-bond donors (Lipinski definition) is 2. The Morgan fingerprint density at radius 2 is 2.00 bits per heavy atom. The average molecular weight is 458 g/mol. The van der Waals surface area contributed by atoms with Crippen molar-refractivity contribution in [3.8, 4) is 0 Å². The minimum atomic E-state index is -3.92. The molecule has 2 aromatic rings. The Hall–Kier alpha value is -2.91. The van der Waals surface area contributed by atoms with Crippen LogP contribution in [-0.2, 0) is 26.0 Å². The molecule has 0 bridgehead atoms. The van der Waals surface area contributed by atoms with Crippen LogP contribution in [0.2, 0.25) is 0 Å². The van der Waals surface area contributed by atoms with E-state index < -0.39 is 10.0 Å². The van der Waals surface area contributed by atoms with Crippen molar-refractivity contribution < 1.29 is 22.7 Å². The Bertz CT molecular complexity index is 1130. The fraction of sp³-hybridized carbons (Fsp3) is 0.391. The average Bonchev–Trinajstić information content (AvgIpc) is 3.46. The van der Waals surface area contributed by atoms with E-state index in [-0.39, 0.29) is 34.1 Å². The van der Waals surface area contributed by atoms with Gasteiger partial charge in [0.25, 0.3) is 15.9 Å². The van der Waals surface area contributed by atoms with Crippen LogP contribution in [0, 0.1) is 0 Å². The lowest BCUT2D eigenvalue weighted by atomic mass is 10.1. The summed E-state index contributed by atoms with van der Waals surface area (Å²) in [5.74, 6) is -0.345. The van der Waals surface area contributed by atoms with Gasteiger partial charge in [0, 0.05) is 31.8 Å². The molecule has 0 radical (unpaired) electrons. The third-order valence-corrected chi connectivity index (χ3v) is 7.15. The Labute approximate surface area is 188 Å². The van der Waals surface area contributed by atoms with Crippen LogP contribution in [0.25, 0.3) is 0 Å². The summed E-state index contributed by atoms with van der Waals surface area (Å²) in [5.41, 5.74) is 2.03. The first-order chi connectivity index (χ1) is 15.4. The SMILES string of the molecule is CCC(=O)N1CCc2cc(S(=O)(=O)Nc3ccccc3C(=O)NC[C@H]3CCCO3)ccc21. The number of benzene rings is 2. The predicted molar refractivity (Wildman–Crippen MR) is 121 cm³/mol. The molecule has 2 N–H and O–H groups in total. The largest absolute Gasteiger partial charge is 0.376 e. The Balaban J connectivity index is 1.52. The van der Waals surface area contributed by atoms with E-state index in [1.807, 2.05) is 0 Å². The molecule has 0 aliphatic carbocycles. The van der Waals surface area contributed by atoms with Gasteiger partial charge in [0.1, 0.15) is 0 Å². The summed E-state index contributed by atoms with van der Waals surface area (Å²) in [6, 6.07) is 11.3. The molecule has 2 aromatic carbocycles. The van der Waals surface area contributed by atoms with Gasteiger partial charge in [0.05, 0.1) is 22.3 Å². The fourth-order valence-corrected chi connectivity index (χ4v) is 5.21. The molecular weight excluding hydrogens is 430 g/mol. The van der Waals surface area contributed by atoms with Crippen LogP contribution in [0.3, 0.4) is 0 Å². The molecule has 32 heavy (non-hydrogen) atoms. The number of sulfonamides is 1. The molecule has 4 rings (SSSR count). The maximum atomic E-state index is 13.1. The summed E-state index contributed by atoms with van der Waals surface area (Å²) in [6.07, 6.45) is 2.86. The maximum Gasteiger partial charge on any atom is 0.261 e. The van der Waals surface area contributed by atoms with Crippen molar-refractivity contribution in [2.45, 2.75) is 43.6 Å². The van der Waals surface area contributed by atoms with Crippen LogP contribution < -0.4 is 14.9 Å². The highest BCUT2D eigenvalue weighted by atomic mass is 32.2. The van der Waals surface area contributed by atoms with Crippen LogP contribution in [0.1, 0.15) is 42.1 Å². The summed E-state index contributed by atoms with van der Waals surface area (Å²) >= 11 is 0. The van der Waals surface area contributed by atoms with E-state index >= 15 is 0 Å². The molecule has 170 valence electrons. The monoisotopic (exact) mass is 457 g/mol. The standard InChI is InChI=1S/C23H27N3O5S/c1-2-22(27)26-12-11-16-14-18(9-10-21(16)26)32(29,30)25-20-8-4-3-7-19(20)23(28)24-15-17-6-5-13-31-17/h3-4,7-10,14,17,25H,2,5-6,11-13,15H2,1H3,(H,24,28)/t17-/m1/s1. The number of rotatable bonds is 7. The number of fused-ring (bicyclic) bond motifs is 1. The van der Waals surface area contributed by atoms with Gasteiger partial charge in [-0.05, 0) is 55.2 Å². The van der Waals surface area contributed by atoms with Crippen molar-refractivity contribution in [2.75, 3.05) is 29.3 Å². The van der Waals surface area contributed by atoms with Crippen molar-refractivity contribution >= 4 is 33.2 Å². The van der Waals surface area contributed by atoms with E-state index in [0.717, 1.165) is 24.1 Å². The van der Waals surface area contributed by atoms with Crippen LogP contribution >= 0.6 is 0 Å². The van der Waals surface area contributed by atoms with E-state index in [9.17, 15) is 18.0 Å². The normalized spacial score (nSPS) is 17.8. The number of nitrogens with zero attached hydrogens (tertiary/aromatic N) is 1. The summed E-state index contributed by atoms with van der Waals surface area (Å²) in [5, 5.41) is 2.83. The van der Waals surface area contributed by atoms with E-state index in [0.29, 0.717) is 32.5 Å². The number of ether oxygens (including phenoxy) is 1. The maximum absolute atomic E-state index is 13.1. The van der Waals surface area contributed by atoms with Gasteiger partial charge in [0.2, 0.25) is 5.91 Å². The molecule has 0 spiro atoms. The highest BCUT2D eigenvalue weighted by Crippen LogP contribution is 2.31. The third-order valence-electron chi connectivity index (χ3n) is 5.79. The predicted octanol–water partition coefficient (Wildman–Crippen LogP) is 2.70. The first kappa shape index (κ1) is 22.3. The molecule has 2 aliphatic heterocycles. The van der Waals surface area contributed by atoms with Gasteiger partial charge in [-0.3, -0.25) is 14.3 Å². The molecule has 0 unspecified atom stereocenters. The third kappa shape index (κ3) is 4.63. The highest BCUT2D eigenvalue weighted by molar-refractivity contribution is 7.92. The Morgan fingerprint density at radius 1 is 1.19 bits per heavy atom. The Kier molecular flexibility index (Phi) is 6.48. The minimum absolute atomic E-state index is 0.00614. The van der Waals surface area contributed by atoms with Crippen molar-refractivity contribution in [3.63, 3.8) is 0 Å². The van der Waals surface area contributed by atoms with E-state index in [1.165, 1.54) is 6.07 Å². The second kappa shape index (κ2) is 9.30. The van der Waals surface area contributed by atoms with Crippen LogP contribution in [0.15, 0.2) is 47.4 Å². The number of para-hydroxylation sites is 1. The zero-order chi connectivity index (χ0) is 22.7. The zero-order valence-corrected chi connectivity index (χ0v) is 18.8. The number of amides is 2. The number of hydrogen-bond acceptors (Lipinski definition) is 5. The van der Waals surface area contributed by atoms with E-state index in [4.69, 9.17) is 4.74 Å². The second-order valence-corrected chi connectivity index (χ2v) is 9.62. The second-order valence-electron chi connectivity index (χ2n) is 7.94. The number of anilines is 2. The molecule has 0 aromatic heterocycles. The van der Waals surface area contributed by atoms with Gasteiger partial charge in [-0.25, -0.2) is 8.42 Å². The van der Waals surface area contributed by atoms with Crippen molar-refractivity contribution in [1.82, 2.24) is 5.32 Å². The molecule has 0 saturated carbocycles. The highest BCUT2D eigenvalue weighted by Gasteiger charge is 2.26. The lowest BCUT2D eigenvalue weighted by Gasteiger charge is -2.17. The van der Waals surface area contributed by atoms with Gasteiger partial charge in [-0.15, -0.1) is 0 Å². The molecule has 2 aliphatic rings. The summed E-state index contributed by atoms with van der Waals surface area (Å²) in [6.45, 7) is 3.43. The number of nitrogens with one attached hydrogen (secondary N) is 2. The lowest BCUT2D eigenvalue weighted by molar-refractivity contribution is -0.118. The van der Waals surface area contributed by atoms with Crippen LogP contribution in [0.5, 0.6) is 0 Å². The van der Waals surface area contributed by atoms with Gasteiger partial charge in [0.15, 0.2) is 0 Å². The molecule has 1 saturated heterocycles. The number of carbonyl (C=O) groups excluding carboxylic acids is 2. The summed E-state index contributed by atoms with van der Waals surface area (Å²) in [4.78, 5) is 26.6. The first-order valence-electron chi connectivity index (χ1n) is 10.8. The fourth-order valence-electron chi connectivity index (χ4n) is 4.08. The minimum Gasteiger partial charge on any atom is -0.376 e. The molecule has 1 atom stereocenters. The van der Waals surface area contributed by atoms with Gasteiger partial charge in [-0.2, -0.15) is 0 Å². The molecular formula is C23H27N3O5S. The quantitative estimate of drug-likeness (QED) is 0.665. The topological polar surface area (TPSA) is 105 Å². The van der Waals surface area contributed by atoms with Gasteiger partial charge < -0.3 is 15.0 Å². The molecule has 8 nitrogen and oxygen atoms in total. The summed E-state index contributed by atoms with van der Waals surface area (Å²) < 4.78 is 34.2. The van der Waals surface area contributed by atoms with Crippen LogP contribution in [-0.4, -0.2) is 46.0 Å². The van der Waals surface area contributed by atoms with Crippen LogP contribution in [0.4, 0.5) is 11.4 Å². The molecule has 2 amide bonds. The van der Waals surface area contributed by atoms with Crippen molar-refractivity contribution in [3.05, 3.63) is 53.6 Å². The van der Waals surface area contributed by atoms with Crippen molar-refractivity contribution in [2.24, 2.45) is 0 Å². The first-order valence-corrected chi connectivity index (χ1v) is 12.3. The zero-order valence-electron chi connectivity index (χ0n) is 18.0. The lowest BCUT2D eigenvalue weighted by Crippen LogP contribution is -2.32. The van der Waals surface area contributed by atoms with E-state index in [1.54, 1.807) is 48.2 Å². The smallest absolute Gasteiger partial charge is 0.261 e. The van der Waals surface area contributed by atoms with Gasteiger partial charge >= 0.3 is 0 Å². The molecule has 2 heterocycles. The summed E-state index contributed by atoms with van der Waals surface area (Å²) in [7, 11) is -3.92. The molecule has 1 fully saturated rings. The number of carbonyl (C=O) groups is 2. The molecule has 9 heteroatoms. The van der Waals surface area contributed by atoms with Crippen molar-refractivity contribution in [1.29, 1.82) is 0 Å². The Morgan fingerprint density at radius 3 is 2.75 bits per heavy atom. The van der Waals surface area contributed by atoms with Gasteiger partial charge in [-0.1, -0.05) is 19.1 Å².